The molecule has 0 aromatic carbocycles. The van der Waals surface area contributed by atoms with Gasteiger partial charge >= 0.3 is 0 Å². The molecule has 0 radical (unpaired) electrons. The van der Waals surface area contributed by atoms with Crippen LogP contribution in [0.25, 0.3) is 6.08 Å². The molecule has 74 valence electrons. The Labute approximate surface area is 82.4 Å². The monoisotopic (exact) mass is 192 g/mol. The van der Waals surface area contributed by atoms with Crippen molar-refractivity contribution in [3.8, 4) is 5.75 Å². The smallest absolute Gasteiger partial charge is 0.175 e. The molecule has 0 bridgehead atoms. The van der Waals surface area contributed by atoms with Crippen LogP contribution in [0.5, 0.6) is 5.75 Å². The molecule has 0 aliphatic rings. The predicted molar refractivity (Wildman–Crippen MR) is 53.6 cm³/mol. The Morgan fingerprint density at radius 1 is 1.64 bits per heavy atom. The largest absolute Gasteiger partial charge is 0.497 e. The van der Waals surface area contributed by atoms with Gasteiger partial charge in [0.2, 0.25) is 0 Å². The maximum Gasteiger partial charge on any atom is 0.175 e. The molecule has 0 aliphatic heterocycles. The van der Waals surface area contributed by atoms with Crippen LogP contribution in [0.3, 0.4) is 0 Å². The highest BCUT2D eigenvalue weighted by Crippen LogP contribution is 2.11. The van der Waals surface area contributed by atoms with E-state index in [0.29, 0.717) is 11.4 Å². The van der Waals surface area contributed by atoms with E-state index in [-0.39, 0.29) is 11.5 Å². The summed E-state index contributed by atoms with van der Waals surface area (Å²) < 4.78 is 5.00. The van der Waals surface area contributed by atoms with Crippen molar-refractivity contribution in [2.75, 3.05) is 7.11 Å². The summed E-state index contributed by atoms with van der Waals surface area (Å²) >= 11 is 0. The first-order chi connectivity index (χ1) is 6.63. The van der Waals surface area contributed by atoms with E-state index in [9.17, 15) is 4.79 Å². The highest BCUT2D eigenvalue weighted by atomic mass is 16.5. The van der Waals surface area contributed by atoms with Crippen molar-refractivity contribution >= 4 is 11.9 Å². The van der Waals surface area contributed by atoms with E-state index in [1.54, 1.807) is 25.4 Å². The first kappa shape index (κ1) is 10.2. The molecule has 1 aromatic heterocycles. The number of hydrogen-bond donors (Lipinski definition) is 1. The molecule has 0 amide bonds. The molecule has 0 saturated carbocycles. The number of nitrogens with two attached hydrogens (primary N) is 1. The molecule has 1 heterocycles. The second kappa shape index (κ2) is 4.41. The molecule has 0 spiro atoms. The lowest BCUT2D eigenvalue weighted by atomic mass is 10.2. The fraction of sp³-hybridized carbons (Fsp3) is 0.200. The number of carbonyl (C=O) groups excluding carboxylic acids is 1. The number of methoxy groups -OCH3 is 1. The predicted octanol–water partition coefficient (Wildman–Crippen LogP) is 0.979. The molecule has 0 fully saturated rings. The summed E-state index contributed by atoms with van der Waals surface area (Å²) in [4.78, 5) is 14.9. The molecule has 4 heteroatoms. The van der Waals surface area contributed by atoms with Gasteiger partial charge in [-0.1, -0.05) is 0 Å². The van der Waals surface area contributed by atoms with Crippen LogP contribution in [0.1, 0.15) is 12.6 Å². The number of ether oxygens (including phenoxy) is 1. The second-order valence-electron chi connectivity index (χ2n) is 2.78. The van der Waals surface area contributed by atoms with Crippen molar-refractivity contribution in [2.24, 2.45) is 5.73 Å². The number of carbonyl (C=O) groups is 1. The van der Waals surface area contributed by atoms with Crippen LogP contribution in [-0.4, -0.2) is 17.9 Å². The zero-order chi connectivity index (χ0) is 10.6. The summed E-state index contributed by atoms with van der Waals surface area (Å²) in [5.41, 5.74) is 6.27. The molecule has 0 aliphatic carbocycles. The maximum absolute atomic E-state index is 10.9. The maximum atomic E-state index is 10.9. The van der Waals surface area contributed by atoms with Gasteiger partial charge < -0.3 is 10.5 Å². The van der Waals surface area contributed by atoms with Gasteiger partial charge in [-0.3, -0.25) is 9.78 Å². The van der Waals surface area contributed by atoms with Crippen LogP contribution in [0.4, 0.5) is 0 Å². The third-order valence-electron chi connectivity index (χ3n) is 1.70. The van der Waals surface area contributed by atoms with Gasteiger partial charge in [-0.15, -0.1) is 0 Å². The first-order valence-electron chi connectivity index (χ1n) is 4.11. The van der Waals surface area contributed by atoms with Gasteiger partial charge in [0.25, 0.3) is 0 Å². The second-order valence-corrected chi connectivity index (χ2v) is 2.78. The average molecular weight is 192 g/mol. The van der Waals surface area contributed by atoms with E-state index in [4.69, 9.17) is 10.5 Å². The molecule has 0 unspecified atom stereocenters. The van der Waals surface area contributed by atoms with E-state index in [0.717, 1.165) is 0 Å². The summed E-state index contributed by atoms with van der Waals surface area (Å²) in [6.07, 6.45) is 3.11. The minimum atomic E-state index is -0.172. The summed E-state index contributed by atoms with van der Waals surface area (Å²) in [6, 6.07) is 3.43. The number of ketones is 1. The molecule has 14 heavy (non-hydrogen) atoms. The standard InChI is InChI=1S/C10H12N2O2/c1-7(13)10(11)6-8-5-9(14-2)3-4-12-8/h3-6H,11H2,1-2H3/b10-6-. The van der Waals surface area contributed by atoms with Crippen molar-refractivity contribution in [1.82, 2.24) is 4.98 Å². The van der Waals surface area contributed by atoms with E-state index in [2.05, 4.69) is 4.98 Å². The van der Waals surface area contributed by atoms with Gasteiger partial charge in [0.15, 0.2) is 5.78 Å². The number of pyridine rings is 1. The topological polar surface area (TPSA) is 65.2 Å². The Morgan fingerprint density at radius 2 is 2.36 bits per heavy atom. The zero-order valence-electron chi connectivity index (χ0n) is 8.15. The molecule has 0 saturated heterocycles. The Kier molecular flexibility index (Phi) is 3.23. The molecule has 4 nitrogen and oxygen atoms in total. The van der Waals surface area contributed by atoms with Gasteiger partial charge in [-0.25, -0.2) is 0 Å². The lowest BCUT2D eigenvalue weighted by Crippen LogP contribution is -2.06. The molecular formula is C10H12N2O2. The quantitative estimate of drug-likeness (QED) is 0.725. The highest BCUT2D eigenvalue weighted by molar-refractivity contribution is 5.96. The zero-order valence-corrected chi connectivity index (χ0v) is 8.15. The van der Waals surface area contributed by atoms with Gasteiger partial charge in [0.1, 0.15) is 5.75 Å². The molecule has 1 aromatic rings. The van der Waals surface area contributed by atoms with E-state index < -0.39 is 0 Å². The lowest BCUT2D eigenvalue weighted by molar-refractivity contribution is -0.113. The van der Waals surface area contributed by atoms with Crippen LogP contribution in [0.2, 0.25) is 0 Å². The van der Waals surface area contributed by atoms with Crippen molar-refractivity contribution in [2.45, 2.75) is 6.92 Å². The van der Waals surface area contributed by atoms with E-state index in [1.807, 2.05) is 0 Å². The summed E-state index contributed by atoms with van der Waals surface area (Å²) in [7, 11) is 1.57. The first-order valence-corrected chi connectivity index (χ1v) is 4.11. The third-order valence-corrected chi connectivity index (χ3v) is 1.70. The highest BCUT2D eigenvalue weighted by Gasteiger charge is 1.99. The van der Waals surface area contributed by atoms with E-state index >= 15 is 0 Å². The molecule has 1 rings (SSSR count). The third kappa shape index (κ3) is 2.58. The van der Waals surface area contributed by atoms with Crippen LogP contribution in [-0.2, 0) is 4.79 Å². The van der Waals surface area contributed by atoms with Crippen LogP contribution in [0.15, 0.2) is 24.0 Å². The number of allylic oxidation sites excluding steroid dienone is 1. The minimum Gasteiger partial charge on any atom is -0.497 e. The Morgan fingerprint density at radius 3 is 2.93 bits per heavy atom. The number of rotatable bonds is 3. The van der Waals surface area contributed by atoms with Crippen LogP contribution in [0, 0.1) is 0 Å². The van der Waals surface area contributed by atoms with Crippen molar-refractivity contribution in [1.29, 1.82) is 0 Å². The lowest BCUT2D eigenvalue weighted by Gasteiger charge is -2.00. The SMILES string of the molecule is COc1ccnc(/C=C(\N)C(C)=O)c1. The van der Waals surface area contributed by atoms with Gasteiger partial charge in [0.05, 0.1) is 18.5 Å². The summed E-state index contributed by atoms with van der Waals surface area (Å²) in [5.74, 6) is 0.511. The minimum absolute atomic E-state index is 0.172. The Balaban J connectivity index is 2.97. The van der Waals surface area contributed by atoms with Crippen molar-refractivity contribution < 1.29 is 9.53 Å². The van der Waals surface area contributed by atoms with Gasteiger partial charge in [-0.05, 0) is 12.1 Å². The van der Waals surface area contributed by atoms with Gasteiger partial charge in [-0.2, -0.15) is 0 Å². The molecule has 0 atom stereocenters. The normalized spacial score (nSPS) is 11.1. The van der Waals surface area contributed by atoms with Crippen LogP contribution >= 0.6 is 0 Å². The fourth-order valence-corrected chi connectivity index (χ4v) is 0.895. The molecular weight excluding hydrogens is 180 g/mol. The number of nitrogens with zero attached hydrogens (tertiary/aromatic N) is 1. The summed E-state index contributed by atoms with van der Waals surface area (Å²) in [6.45, 7) is 1.41. The Hall–Kier alpha value is -1.84. The van der Waals surface area contributed by atoms with Gasteiger partial charge in [0, 0.05) is 19.2 Å². The average Bonchev–Trinajstić information content (AvgIpc) is 2.18. The van der Waals surface area contributed by atoms with Crippen molar-refractivity contribution in [3.63, 3.8) is 0 Å². The fourth-order valence-electron chi connectivity index (χ4n) is 0.895. The van der Waals surface area contributed by atoms with E-state index in [1.165, 1.54) is 13.0 Å². The van der Waals surface area contributed by atoms with Crippen LogP contribution < -0.4 is 10.5 Å². The van der Waals surface area contributed by atoms with Crippen molar-refractivity contribution in [3.05, 3.63) is 29.7 Å². The number of aromatic nitrogens is 1. The number of hydrogen-bond acceptors (Lipinski definition) is 4. The molecule has 2 N–H and O–H groups in total. The Bertz CT molecular complexity index is 372. The summed E-state index contributed by atoms with van der Waals surface area (Å²) in [5, 5.41) is 0. The number of Topliss-reactive ketones (excluding diaryl/α,β-unsaturated/α-hetero) is 1.